The summed E-state index contributed by atoms with van der Waals surface area (Å²) in [5.74, 6) is 0.882. The van der Waals surface area contributed by atoms with E-state index in [4.69, 9.17) is 4.74 Å². The zero-order valence-corrected chi connectivity index (χ0v) is 15.5. The molecule has 1 aliphatic heterocycles. The van der Waals surface area contributed by atoms with Crippen molar-refractivity contribution in [1.29, 1.82) is 0 Å². The van der Waals surface area contributed by atoms with E-state index >= 15 is 0 Å². The fourth-order valence-corrected chi connectivity index (χ4v) is 3.31. The predicted molar refractivity (Wildman–Crippen MR) is 104 cm³/mol. The molecular formula is C22H28N2O2. The highest BCUT2D eigenvalue weighted by molar-refractivity contribution is 5.78. The number of hydrogen-bond acceptors (Lipinski definition) is 3. The first-order valence-corrected chi connectivity index (χ1v) is 9.47. The summed E-state index contributed by atoms with van der Waals surface area (Å²) in [6, 6.07) is 16.6. The third-order valence-electron chi connectivity index (χ3n) is 4.77. The van der Waals surface area contributed by atoms with Gasteiger partial charge in [0.15, 0.2) is 6.61 Å². The van der Waals surface area contributed by atoms with Crippen LogP contribution in [0.5, 0.6) is 5.75 Å². The number of benzene rings is 2. The van der Waals surface area contributed by atoms with Crippen molar-refractivity contribution in [3.05, 3.63) is 65.2 Å². The molecule has 0 radical (unpaired) electrons. The van der Waals surface area contributed by atoms with Crippen molar-refractivity contribution in [3.63, 3.8) is 0 Å². The van der Waals surface area contributed by atoms with E-state index in [0.717, 1.165) is 56.8 Å². The molecule has 138 valence electrons. The summed E-state index contributed by atoms with van der Waals surface area (Å²) in [4.78, 5) is 14.1. The maximum absolute atomic E-state index is 12.2. The number of amides is 1. The second kappa shape index (κ2) is 9.39. The zero-order chi connectivity index (χ0) is 18.2. The Morgan fingerprint density at radius 2 is 1.92 bits per heavy atom. The summed E-state index contributed by atoms with van der Waals surface area (Å²) in [5, 5.41) is 3.48. The number of likely N-dealkylation sites (tertiary alicyclic amines) is 1. The molecular weight excluding hydrogens is 324 g/mol. The van der Waals surface area contributed by atoms with Crippen molar-refractivity contribution in [2.45, 2.75) is 32.7 Å². The molecule has 0 spiro atoms. The molecule has 0 aromatic heterocycles. The Morgan fingerprint density at radius 1 is 1.12 bits per heavy atom. The van der Waals surface area contributed by atoms with Crippen LogP contribution in [-0.4, -0.2) is 37.0 Å². The molecule has 1 N–H and O–H groups in total. The molecule has 2 aromatic rings. The predicted octanol–water partition coefficient (Wildman–Crippen LogP) is 3.33. The molecule has 2 aromatic carbocycles. The number of carbonyl (C=O) groups excluding carboxylic acids is 1. The summed E-state index contributed by atoms with van der Waals surface area (Å²) in [6.45, 7) is 5.62. The number of carbonyl (C=O) groups is 1. The van der Waals surface area contributed by atoms with E-state index in [1.165, 1.54) is 11.1 Å². The summed E-state index contributed by atoms with van der Waals surface area (Å²) >= 11 is 0. The van der Waals surface area contributed by atoms with Crippen LogP contribution in [-0.2, 0) is 17.8 Å². The first-order chi connectivity index (χ1) is 12.7. The van der Waals surface area contributed by atoms with Crippen molar-refractivity contribution in [2.24, 2.45) is 0 Å². The quantitative estimate of drug-likeness (QED) is 0.741. The normalized spacial score (nSPS) is 13.8. The average molecular weight is 352 g/mol. The Bertz CT molecular complexity index is 724. The van der Waals surface area contributed by atoms with Crippen molar-refractivity contribution in [3.8, 4) is 5.75 Å². The summed E-state index contributed by atoms with van der Waals surface area (Å²) < 4.78 is 5.81. The van der Waals surface area contributed by atoms with Gasteiger partial charge in [0.2, 0.25) is 0 Å². The van der Waals surface area contributed by atoms with Gasteiger partial charge in [0.25, 0.3) is 5.91 Å². The molecule has 26 heavy (non-hydrogen) atoms. The summed E-state index contributed by atoms with van der Waals surface area (Å²) in [6.07, 6.45) is 3.21. The van der Waals surface area contributed by atoms with Crippen LogP contribution in [0.25, 0.3) is 0 Å². The molecule has 0 aliphatic carbocycles. The lowest BCUT2D eigenvalue weighted by atomic mass is 10.1. The largest absolute Gasteiger partial charge is 0.483 e. The molecule has 4 heteroatoms. The Morgan fingerprint density at radius 3 is 2.73 bits per heavy atom. The minimum atomic E-state index is 0.0877. The smallest absolute Gasteiger partial charge is 0.260 e. The van der Waals surface area contributed by atoms with Crippen LogP contribution in [0.1, 0.15) is 29.5 Å². The van der Waals surface area contributed by atoms with Crippen molar-refractivity contribution in [2.75, 3.05) is 26.2 Å². The Hall–Kier alpha value is -2.33. The number of hydrogen-bond donors (Lipinski definition) is 1. The average Bonchev–Trinajstić information content (AvgIpc) is 3.19. The highest BCUT2D eigenvalue weighted by atomic mass is 16.5. The van der Waals surface area contributed by atoms with Crippen molar-refractivity contribution < 1.29 is 9.53 Å². The second-order valence-corrected chi connectivity index (χ2v) is 6.90. The van der Waals surface area contributed by atoms with Gasteiger partial charge in [-0.25, -0.2) is 0 Å². The van der Waals surface area contributed by atoms with Crippen LogP contribution in [0, 0.1) is 6.92 Å². The highest BCUT2D eigenvalue weighted by Gasteiger charge is 2.18. The Balaban J connectivity index is 1.46. The van der Waals surface area contributed by atoms with Crippen molar-refractivity contribution in [1.82, 2.24) is 10.2 Å². The van der Waals surface area contributed by atoms with Crippen LogP contribution in [0.3, 0.4) is 0 Å². The molecule has 0 bridgehead atoms. The Kier molecular flexibility index (Phi) is 6.67. The molecule has 1 fully saturated rings. The van der Waals surface area contributed by atoms with Gasteiger partial charge in [0.05, 0.1) is 0 Å². The van der Waals surface area contributed by atoms with Gasteiger partial charge < -0.3 is 15.0 Å². The van der Waals surface area contributed by atoms with Crippen LogP contribution in [0.4, 0.5) is 0 Å². The molecule has 0 atom stereocenters. The lowest BCUT2D eigenvalue weighted by molar-refractivity contribution is -0.132. The first kappa shape index (κ1) is 18.5. The maximum Gasteiger partial charge on any atom is 0.260 e. The van der Waals surface area contributed by atoms with Gasteiger partial charge in [0.1, 0.15) is 5.75 Å². The van der Waals surface area contributed by atoms with E-state index in [1.807, 2.05) is 23.1 Å². The van der Waals surface area contributed by atoms with Gasteiger partial charge in [-0.15, -0.1) is 0 Å². The van der Waals surface area contributed by atoms with E-state index in [9.17, 15) is 4.79 Å². The molecule has 1 saturated heterocycles. The molecule has 1 amide bonds. The second-order valence-electron chi connectivity index (χ2n) is 6.90. The van der Waals surface area contributed by atoms with Crippen LogP contribution >= 0.6 is 0 Å². The summed E-state index contributed by atoms with van der Waals surface area (Å²) in [5.41, 5.74) is 3.73. The minimum Gasteiger partial charge on any atom is -0.483 e. The van der Waals surface area contributed by atoms with Crippen LogP contribution < -0.4 is 10.1 Å². The maximum atomic E-state index is 12.2. The fourth-order valence-electron chi connectivity index (χ4n) is 3.31. The van der Waals surface area contributed by atoms with E-state index in [2.05, 4.69) is 42.6 Å². The highest BCUT2D eigenvalue weighted by Crippen LogP contribution is 2.18. The molecule has 0 saturated carbocycles. The van der Waals surface area contributed by atoms with E-state index in [-0.39, 0.29) is 12.5 Å². The van der Waals surface area contributed by atoms with Gasteiger partial charge >= 0.3 is 0 Å². The number of nitrogens with zero attached hydrogens (tertiary/aromatic N) is 1. The van der Waals surface area contributed by atoms with E-state index in [1.54, 1.807) is 0 Å². The van der Waals surface area contributed by atoms with Crippen LogP contribution in [0.15, 0.2) is 48.5 Å². The third kappa shape index (κ3) is 5.33. The van der Waals surface area contributed by atoms with Crippen molar-refractivity contribution >= 4 is 5.91 Å². The summed E-state index contributed by atoms with van der Waals surface area (Å²) in [7, 11) is 0. The van der Waals surface area contributed by atoms with Gasteiger partial charge in [0, 0.05) is 25.2 Å². The monoisotopic (exact) mass is 352 g/mol. The lowest BCUT2D eigenvalue weighted by Gasteiger charge is -2.17. The third-order valence-corrected chi connectivity index (χ3v) is 4.77. The van der Waals surface area contributed by atoms with Crippen LogP contribution in [0.2, 0.25) is 0 Å². The SMILES string of the molecule is Cc1cccc(CCNCc2ccccc2OCC(=O)N2CCCC2)c1. The van der Waals surface area contributed by atoms with Gasteiger partial charge in [-0.3, -0.25) is 4.79 Å². The van der Waals surface area contributed by atoms with Gasteiger partial charge in [-0.1, -0.05) is 48.0 Å². The van der Waals surface area contributed by atoms with Gasteiger partial charge in [-0.05, 0) is 44.4 Å². The lowest BCUT2D eigenvalue weighted by Crippen LogP contribution is -2.32. The molecule has 3 rings (SSSR count). The molecule has 0 unspecified atom stereocenters. The first-order valence-electron chi connectivity index (χ1n) is 9.47. The zero-order valence-electron chi connectivity index (χ0n) is 15.5. The topological polar surface area (TPSA) is 41.6 Å². The number of aryl methyl sites for hydroxylation is 1. The van der Waals surface area contributed by atoms with E-state index in [0.29, 0.717) is 0 Å². The molecule has 1 heterocycles. The minimum absolute atomic E-state index is 0.0877. The standard InChI is InChI=1S/C22H28N2O2/c1-18-7-6-8-19(15-18)11-12-23-16-20-9-2-3-10-21(20)26-17-22(25)24-13-4-5-14-24/h2-3,6-10,15,23H,4-5,11-14,16-17H2,1H3. The molecule has 1 aliphatic rings. The van der Waals surface area contributed by atoms with E-state index < -0.39 is 0 Å². The van der Waals surface area contributed by atoms with Gasteiger partial charge in [-0.2, -0.15) is 0 Å². The Labute approximate surface area is 156 Å². The number of ether oxygens (including phenoxy) is 1. The number of para-hydroxylation sites is 1. The fraction of sp³-hybridized carbons (Fsp3) is 0.409. The number of rotatable bonds is 8. The number of nitrogens with one attached hydrogen (secondary N) is 1. The molecule has 4 nitrogen and oxygen atoms in total.